The minimum absolute atomic E-state index is 0.0179. The second-order valence-electron chi connectivity index (χ2n) is 7.48. The van der Waals surface area contributed by atoms with Crippen LogP contribution in [0.4, 0.5) is 0 Å². The summed E-state index contributed by atoms with van der Waals surface area (Å²) in [5.74, 6) is 0.0179. The number of hydrogen-bond acceptors (Lipinski definition) is 5. The molecule has 0 saturated carbocycles. The number of likely N-dealkylation sites (tertiary alicyclic amines) is 1. The second-order valence-corrected chi connectivity index (χ2v) is 7.48. The van der Waals surface area contributed by atoms with Crippen LogP contribution in [0.5, 0.6) is 0 Å². The Bertz CT molecular complexity index is 776. The van der Waals surface area contributed by atoms with E-state index in [-0.39, 0.29) is 12.0 Å². The highest BCUT2D eigenvalue weighted by Crippen LogP contribution is 2.19. The van der Waals surface area contributed by atoms with Crippen molar-refractivity contribution in [2.45, 2.75) is 45.1 Å². The zero-order chi connectivity index (χ0) is 18.6. The highest BCUT2D eigenvalue weighted by atomic mass is 16.5. The molecule has 2 aliphatic rings. The molecule has 1 atom stereocenters. The van der Waals surface area contributed by atoms with Crippen LogP contribution in [0.15, 0.2) is 30.5 Å². The van der Waals surface area contributed by atoms with Gasteiger partial charge in [-0.3, -0.25) is 14.5 Å². The Morgan fingerprint density at radius 2 is 2.19 bits per heavy atom. The van der Waals surface area contributed by atoms with E-state index in [1.54, 1.807) is 6.20 Å². The summed E-state index contributed by atoms with van der Waals surface area (Å²) in [6.07, 6.45) is 4.81. The fourth-order valence-electron chi connectivity index (χ4n) is 3.83. The number of nitrogens with zero attached hydrogens (tertiary/aromatic N) is 5. The van der Waals surface area contributed by atoms with Gasteiger partial charge in [-0.1, -0.05) is 6.07 Å². The molecular weight excluding hydrogens is 342 g/mol. The molecule has 2 aromatic heterocycles. The van der Waals surface area contributed by atoms with E-state index in [0.717, 1.165) is 56.8 Å². The average molecular weight is 369 g/mol. The third kappa shape index (κ3) is 4.36. The Labute approximate surface area is 159 Å². The first-order chi connectivity index (χ1) is 13.2. The monoisotopic (exact) mass is 369 g/mol. The first-order valence-corrected chi connectivity index (χ1v) is 9.75. The molecule has 27 heavy (non-hydrogen) atoms. The number of pyridine rings is 1. The summed E-state index contributed by atoms with van der Waals surface area (Å²) < 4.78 is 8.00. The summed E-state index contributed by atoms with van der Waals surface area (Å²) in [5.41, 5.74) is 2.60. The van der Waals surface area contributed by atoms with Crippen LogP contribution in [0.2, 0.25) is 0 Å². The SMILES string of the molecule is CN1CCCn2nc(C(=O)N3CCC[C@@H](OCc4ccccn4)C3)cc2C1. The summed E-state index contributed by atoms with van der Waals surface area (Å²) in [6.45, 7) is 4.66. The third-order valence-corrected chi connectivity index (χ3v) is 5.28. The molecule has 1 fully saturated rings. The Hall–Kier alpha value is -2.25. The van der Waals surface area contributed by atoms with Gasteiger partial charge in [-0.2, -0.15) is 5.10 Å². The number of ether oxygens (including phenoxy) is 1. The van der Waals surface area contributed by atoms with Gasteiger partial charge in [-0.05, 0) is 44.5 Å². The van der Waals surface area contributed by atoms with Crippen LogP contribution < -0.4 is 0 Å². The number of carbonyl (C=O) groups is 1. The van der Waals surface area contributed by atoms with Crippen molar-refractivity contribution in [3.8, 4) is 0 Å². The molecule has 0 bridgehead atoms. The lowest BCUT2D eigenvalue weighted by Gasteiger charge is -2.32. The Morgan fingerprint density at radius 1 is 1.26 bits per heavy atom. The van der Waals surface area contributed by atoms with Crippen molar-refractivity contribution >= 4 is 5.91 Å². The van der Waals surface area contributed by atoms with Gasteiger partial charge >= 0.3 is 0 Å². The molecular formula is C20H27N5O2. The van der Waals surface area contributed by atoms with E-state index in [1.165, 1.54) is 0 Å². The van der Waals surface area contributed by atoms with E-state index < -0.39 is 0 Å². The van der Waals surface area contributed by atoms with Crippen LogP contribution in [0, 0.1) is 0 Å². The van der Waals surface area contributed by atoms with Crippen molar-refractivity contribution in [3.05, 3.63) is 47.5 Å². The molecule has 1 amide bonds. The minimum atomic E-state index is 0.0179. The topological polar surface area (TPSA) is 63.5 Å². The van der Waals surface area contributed by atoms with Crippen molar-refractivity contribution in [2.24, 2.45) is 0 Å². The molecule has 4 rings (SSSR count). The lowest BCUT2D eigenvalue weighted by Crippen LogP contribution is -2.43. The first-order valence-electron chi connectivity index (χ1n) is 9.75. The predicted molar refractivity (Wildman–Crippen MR) is 101 cm³/mol. The van der Waals surface area contributed by atoms with E-state index in [4.69, 9.17) is 4.74 Å². The molecule has 0 aliphatic carbocycles. The Morgan fingerprint density at radius 3 is 3.04 bits per heavy atom. The van der Waals surface area contributed by atoms with Gasteiger partial charge < -0.3 is 14.5 Å². The largest absolute Gasteiger partial charge is 0.370 e. The lowest BCUT2D eigenvalue weighted by molar-refractivity contribution is -0.00803. The quantitative estimate of drug-likeness (QED) is 0.824. The average Bonchev–Trinajstić information content (AvgIpc) is 3.01. The minimum Gasteiger partial charge on any atom is -0.370 e. The number of fused-ring (bicyclic) bond motifs is 1. The smallest absolute Gasteiger partial charge is 0.274 e. The summed E-state index contributed by atoms with van der Waals surface area (Å²) >= 11 is 0. The van der Waals surface area contributed by atoms with Gasteiger partial charge in [0.2, 0.25) is 0 Å². The van der Waals surface area contributed by atoms with Gasteiger partial charge in [0.25, 0.3) is 5.91 Å². The maximum Gasteiger partial charge on any atom is 0.274 e. The van der Waals surface area contributed by atoms with Crippen LogP contribution in [0.3, 0.4) is 0 Å². The summed E-state index contributed by atoms with van der Waals surface area (Å²) in [5, 5.41) is 4.59. The van der Waals surface area contributed by atoms with Gasteiger partial charge in [0, 0.05) is 38.9 Å². The van der Waals surface area contributed by atoms with E-state index in [1.807, 2.05) is 33.8 Å². The Kier molecular flexibility index (Phi) is 5.50. The molecule has 0 radical (unpaired) electrons. The maximum atomic E-state index is 13.0. The zero-order valence-corrected chi connectivity index (χ0v) is 15.9. The first kappa shape index (κ1) is 18.1. The van der Waals surface area contributed by atoms with E-state index >= 15 is 0 Å². The van der Waals surface area contributed by atoms with Crippen LogP contribution in [0.1, 0.15) is 41.1 Å². The summed E-state index contributed by atoms with van der Waals surface area (Å²) in [4.78, 5) is 21.4. The molecule has 1 saturated heterocycles. The van der Waals surface area contributed by atoms with E-state index in [2.05, 4.69) is 22.0 Å². The van der Waals surface area contributed by atoms with Gasteiger partial charge in [0.15, 0.2) is 5.69 Å². The Balaban J connectivity index is 1.38. The molecule has 144 valence electrons. The summed E-state index contributed by atoms with van der Waals surface area (Å²) in [7, 11) is 2.11. The van der Waals surface area contributed by atoms with Crippen molar-refractivity contribution in [3.63, 3.8) is 0 Å². The van der Waals surface area contributed by atoms with Crippen LogP contribution in [-0.4, -0.2) is 63.3 Å². The molecule has 4 heterocycles. The van der Waals surface area contributed by atoms with Crippen molar-refractivity contribution in [1.82, 2.24) is 24.6 Å². The third-order valence-electron chi connectivity index (χ3n) is 5.28. The van der Waals surface area contributed by atoms with E-state index in [9.17, 15) is 4.79 Å². The number of aryl methyl sites for hydroxylation is 1. The maximum absolute atomic E-state index is 13.0. The van der Waals surface area contributed by atoms with E-state index in [0.29, 0.717) is 18.8 Å². The van der Waals surface area contributed by atoms with Gasteiger partial charge in [0.1, 0.15) is 0 Å². The summed E-state index contributed by atoms with van der Waals surface area (Å²) in [6, 6.07) is 7.78. The van der Waals surface area contributed by atoms with Gasteiger partial charge in [0.05, 0.1) is 24.1 Å². The fraction of sp³-hybridized carbons (Fsp3) is 0.550. The standard InChI is InChI=1S/C20H27N5O2/c1-23-9-5-11-25-17(13-23)12-19(22-25)20(26)24-10-4-7-18(14-24)27-15-16-6-2-3-8-21-16/h2-3,6,8,12,18H,4-5,7,9-11,13-15H2,1H3/t18-/m1/s1. The molecule has 7 nitrogen and oxygen atoms in total. The number of amides is 1. The number of hydrogen-bond donors (Lipinski definition) is 0. The normalized spacial score (nSPS) is 20.9. The molecule has 2 aromatic rings. The lowest BCUT2D eigenvalue weighted by atomic mass is 10.1. The van der Waals surface area contributed by atoms with Crippen molar-refractivity contribution in [2.75, 3.05) is 26.7 Å². The van der Waals surface area contributed by atoms with Gasteiger partial charge in [-0.25, -0.2) is 0 Å². The second kappa shape index (κ2) is 8.19. The van der Waals surface area contributed by atoms with Crippen LogP contribution >= 0.6 is 0 Å². The highest BCUT2D eigenvalue weighted by Gasteiger charge is 2.27. The molecule has 0 aromatic carbocycles. The highest BCUT2D eigenvalue weighted by molar-refractivity contribution is 5.92. The fourth-order valence-corrected chi connectivity index (χ4v) is 3.83. The molecule has 0 N–H and O–H groups in total. The number of aromatic nitrogens is 3. The molecule has 0 spiro atoms. The van der Waals surface area contributed by atoms with Crippen LogP contribution in [0.25, 0.3) is 0 Å². The molecule has 7 heteroatoms. The van der Waals surface area contributed by atoms with Crippen LogP contribution in [-0.2, 0) is 24.4 Å². The predicted octanol–water partition coefficient (Wildman–Crippen LogP) is 1.93. The van der Waals surface area contributed by atoms with Gasteiger partial charge in [-0.15, -0.1) is 0 Å². The van der Waals surface area contributed by atoms with Crippen molar-refractivity contribution in [1.29, 1.82) is 0 Å². The number of carbonyl (C=O) groups excluding carboxylic acids is 1. The number of piperidine rings is 1. The number of rotatable bonds is 4. The zero-order valence-electron chi connectivity index (χ0n) is 15.9. The molecule has 2 aliphatic heterocycles. The van der Waals surface area contributed by atoms with Crippen molar-refractivity contribution < 1.29 is 9.53 Å². The molecule has 0 unspecified atom stereocenters.